The van der Waals surface area contributed by atoms with Crippen LogP contribution in [0.5, 0.6) is 0 Å². The highest BCUT2D eigenvalue weighted by molar-refractivity contribution is 5.88. The Morgan fingerprint density at radius 1 is 0.965 bits per heavy atom. The molecule has 2 fully saturated rings. The minimum absolute atomic E-state index is 0.0189. The third-order valence-corrected chi connectivity index (χ3v) is 10.7. The zero-order chi connectivity index (χ0) is 40.5. The number of carboxylic acid groups (broad SMARTS) is 1. The van der Waals surface area contributed by atoms with Crippen LogP contribution < -0.4 is 5.32 Å². The van der Waals surface area contributed by atoms with E-state index in [4.69, 9.17) is 4.74 Å². The Balaban J connectivity index is 1.26. The second kappa shape index (κ2) is 18.9. The zero-order valence-corrected chi connectivity index (χ0v) is 32.6. The highest BCUT2D eigenvalue weighted by atomic mass is 16.5. The molecule has 14 heteroatoms. The highest BCUT2D eigenvalue weighted by Crippen LogP contribution is 2.25. The number of cyclic esters (lactones) is 1. The van der Waals surface area contributed by atoms with E-state index in [2.05, 4.69) is 15.3 Å². The fourth-order valence-electron chi connectivity index (χ4n) is 7.49. The molecule has 0 unspecified atom stereocenters. The number of pyridine rings is 2. The van der Waals surface area contributed by atoms with Gasteiger partial charge in [-0.15, -0.1) is 0 Å². The number of esters is 1. The Morgan fingerprint density at radius 2 is 1.72 bits per heavy atom. The number of urea groups is 1. The average molecular weight is 778 g/mol. The summed E-state index contributed by atoms with van der Waals surface area (Å²) in [7, 11) is 0. The predicted octanol–water partition coefficient (Wildman–Crippen LogP) is 4.91. The number of aryl methyl sites for hydroxylation is 1. The van der Waals surface area contributed by atoms with E-state index in [1.54, 1.807) is 16.0 Å². The molecular formula is C43H51N7O7. The quantitative estimate of drug-likeness (QED) is 0.0991. The third kappa shape index (κ3) is 10.1. The summed E-state index contributed by atoms with van der Waals surface area (Å²) in [5.41, 5.74) is 4.81. The molecule has 14 nitrogen and oxygen atoms in total. The molecule has 0 saturated carbocycles. The number of aliphatic hydroxyl groups excluding tert-OH is 1. The molecular weight excluding hydrogens is 727 g/mol. The van der Waals surface area contributed by atoms with Crippen molar-refractivity contribution in [2.75, 3.05) is 26.2 Å². The molecule has 0 aliphatic carbocycles. The molecule has 4 heterocycles. The van der Waals surface area contributed by atoms with Gasteiger partial charge in [0.15, 0.2) is 6.04 Å². The molecule has 6 rings (SSSR count). The minimum atomic E-state index is -1.38. The summed E-state index contributed by atoms with van der Waals surface area (Å²) in [6.07, 6.45) is -0.0178. The number of nitrogens with one attached hydrogen (secondary N) is 1. The topological polar surface area (TPSA) is 169 Å². The molecule has 4 amide bonds. The summed E-state index contributed by atoms with van der Waals surface area (Å²) < 4.78 is 5.17. The number of hydrazine groups is 1. The predicted molar refractivity (Wildman–Crippen MR) is 212 cm³/mol. The van der Waals surface area contributed by atoms with Crippen LogP contribution in [0.1, 0.15) is 49.2 Å². The van der Waals surface area contributed by atoms with Gasteiger partial charge in [0.1, 0.15) is 6.04 Å². The van der Waals surface area contributed by atoms with Crippen LogP contribution in [-0.2, 0) is 33.8 Å². The highest BCUT2D eigenvalue weighted by Gasteiger charge is 2.43. The molecule has 57 heavy (non-hydrogen) atoms. The van der Waals surface area contributed by atoms with Gasteiger partial charge in [-0.2, -0.15) is 0 Å². The van der Waals surface area contributed by atoms with Gasteiger partial charge in [-0.05, 0) is 54.7 Å². The van der Waals surface area contributed by atoms with Crippen molar-refractivity contribution >= 4 is 24.0 Å². The largest absolute Gasteiger partial charge is 0.464 e. The Labute approximate surface area is 333 Å². The number of benzene rings is 2. The molecule has 5 atom stereocenters. The third-order valence-electron chi connectivity index (χ3n) is 10.7. The van der Waals surface area contributed by atoms with Gasteiger partial charge in [0.05, 0.1) is 36.7 Å². The first-order chi connectivity index (χ1) is 27.5. The van der Waals surface area contributed by atoms with E-state index in [0.29, 0.717) is 26.1 Å². The number of carbonyl (C=O) groups is 4. The molecule has 2 aliphatic rings. The van der Waals surface area contributed by atoms with E-state index >= 15 is 0 Å². The summed E-state index contributed by atoms with van der Waals surface area (Å²) in [5.74, 6) is -1.31. The fourth-order valence-corrected chi connectivity index (χ4v) is 7.49. The molecule has 2 aromatic heterocycles. The summed E-state index contributed by atoms with van der Waals surface area (Å²) in [6, 6.07) is 25.0. The SMILES string of the molecule is CC[C@H](C)[C@@H](C(=O)N[C@@H](Cc1ccccc1)[C@@H](O)CN(Cc1ccc(-c2ccccn2)cc1)N(C(=O)O)[C@@H]1CCOC1=O)N1CCN(Cc2cccc(C)n2)C1=O. The normalized spacial score (nSPS) is 17.6. The number of hydrogen-bond donors (Lipinski definition) is 3. The summed E-state index contributed by atoms with van der Waals surface area (Å²) in [5, 5.41) is 28.1. The molecule has 0 radical (unpaired) electrons. The number of amides is 4. The Kier molecular flexibility index (Phi) is 13.5. The summed E-state index contributed by atoms with van der Waals surface area (Å²) >= 11 is 0. The average Bonchev–Trinajstić information content (AvgIpc) is 3.79. The first-order valence-corrected chi connectivity index (χ1v) is 19.5. The van der Waals surface area contributed by atoms with Crippen molar-refractivity contribution in [1.82, 2.24) is 35.1 Å². The lowest BCUT2D eigenvalue weighted by atomic mass is 9.95. The van der Waals surface area contributed by atoms with E-state index < -0.39 is 42.2 Å². The van der Waals surface area contributed by atoms with Gasteiger partial charge in [0.25, 0.3) is 0 Å². The van der Waals surface area contributed by atoms with Crippen LogP contribution in [0, 0.1) is 12.8 Å². The number of nitrogens with zero attached hydrogens (tertiary/aromatic N) is 6. The Hall–Kier alpha value is -5.86. The van der Waals surface area contributed by atoms with E-state index in [1.807, 2.05) is 112 Å². The summed E-state index contributed by atoms with van der Waals surface area (Å²) in [6.45, 7) is 6.71. The maximum atomic E-state index is 14.5. The van der Waals surface area contributed by atoms with Crippen LogP contribution in [0.25, 0.3) is 11.3 Å². The van der Waals surface area contributed by atoms with Gasteiger partial charge < -0.3 is 30.1 Å². The molecule has 300 valence electrons. The second-order valence-electron chi connectivity index (χ2n) is 14.7. The fraction of sp³-hybridized carbons (Fsp3) is 0.395. The van der Waals surface area contributed by atoms with E-state index in [0.717, 1.165) is 38.8 Å². The monoisotopic (exact) mass is 777 g/mol. The standard InChI is InChI=1S/C43H51N7O7/c1-4-29(2)39(49-23-22-47(42(49)54)27-34-14-10-11-30(3)45-34)40(52)46-36(25-31-12-6-5-7-13-31)38(51)28-48(50(43(55)56)37-20-24-57-41(37)53)26-32-16-18-33(19-17-32)35-15-8-9-21-44-35/h5-19,21,29,36-39,51H,4,20,22-28H2,1-3H3,(H,46,52)(H,55,56)/t29-,36-,37+,38-,39-/m0/s1. The molecule has 3 N–H and O–H groups in total. The first kappa shape index (κ1) is 40.8. The van der Waals surface area contributed by atoms with Crippen LogP contribution in [0.2, 0.25) is 0 Å². The van der Waals surface area contributed by atoms with Crippen LogP contribution in [-0.4, -0.2) is 114 Å². The van der Waals surface area contributed by atoms with Gasteiger partial charge >= 0.3 is 18.1 Å². The number of ether oxygens (including phenoxy) is 1. The van der Waals surface area contributed by atoms with Gasteiger partial charge in [-0.25, -0.2) is 24.4 Å². The van der Waals surface area contributed by atoms with E-state index in [-0.39, 0.29) is 44.5 Å². The maximum absolute atomic E-state index is 14.5. The Morgan fingerprint density at radius 3 is 2.37 bits per heavy atom. The van der Waals surface area contributed by atoms with Crippen LogP contribution in [0.15, 0.2) is 97.2 Å². The van der Waals surface area contributed by atoms with Crippen molar-refractivity contribution in [2.24, 2.45) is 5.92 Å². The molecule has 0 spiro atoms. The number of aromatic nitrogens is 2. The van der Waals surface area contributed by atoms with Crippen molar-refractivity contribution in [3.63, 3.8) is 0 Å². The van der Waals surface area contributed by atoms with Crippen molar-refractivity contribution < 1.29 is 34.1 Å². The van der Waals surface area contributed by atoms with Crippen molar-refractivity contribution in [2.45, 2.75) is 77.4 Å². The maximum Gasteiger partial charge on any atom is 0.422 e. The Bertz CT molecular complexity index is 1980. The molecule has 0 bridgehead atoms. The number of hydrogen-bond acceptors (Lipinski definition) is 9. The number of carbonyl (C=O) groups excluding carboxylic acids is 3. The van der Waals surface area contributed by atoms with Crippen LogP contribution in [0.3, 0.4) is 0 Å². The van der Waals surface area contributed by atoms with Gasteiger partial charge in [0.2, 0.25) is 5.91 Å². The second-order valence-corrected chi connectivity index (χ2v) is 14.7. The van der Waals surface area contributed by atoms with Gasteiger partial charge in [-0.3, -0.25) is 14.8 Å². The van der Waals surface area contributed by atoms with Crippen molar-refractivity contribution in [3.8, 4) is 11.3 Å². The van der Waals surface area contributed by atoms with E-state index in [1.165, 1.54) is 5.01 Å². The zero-order valence-electron chi connectivity index (χ0n) is 32.6. The molecule has 2 aliphatic heterocycles. The van der Waals surface area contributed by atoms with Gasteiger partial charge in [0, 0.05) is 50.1 Å². The van der Waals surface area contributed by atoms with Crippen LogP contribution >= 0.6 is 0 Å². The summed E-state index contributed by atoms with van der Waals surface area (Å²) in [4.78, 5) is 66.4. The smallest absolute Gasteiger partial charge is 0.422 e. The van der Waals surface area contributed by atoms with Crippen LogP contribution in [0.4, 0.5) is 9.59 Å². The first-order valence-electron chi connectivity index (χ1n) is 19.5. The number of aliphatic hydroxyl groups is 1. The van der Waals surface area contributed by atoms with E-state index in [9.17, 15) is 29.4 Å². The molecule has 2 aromatic carbocycles. The van der Waals surface area contributed by atoms with Crippen molar-refractivity contribution in [3.05, 3.63) is 120 Å². The lowest BCUT2D eigenvalue weighted by Crippen LogP contribution is -2.60. The van der Waals surface area contributed by atoms with Gasteiger partial charge in [-0.1, -0.05) is 87.0 Å². The minimum Gasteiger partial charge on any atom is -0.464 e. The number of rotatable bonds is 17. The lowest BCUT2D eigenvalue weighted by molar-refractivity contribution is -0.149. The van der Waals surface area contributed by atoms with Crippen molar-refractivity contribution in [1.29, 1.82) is 0 Å². The molecule has 2 saturated heterocycles. The molecule has 4 aromatic rings. The lowest BCUT2D eigenvalue weighted by Gasteiger charge is -2.38.